The molecule has 0 atom stereocenters. The van der Waals surface area contributed by atoms with Crippen LogP contribution in [0.4, 0.5) is 5.69 Å². The first-order chi connectivity index (χ1) is 10.6. The smallest absolute Gasteiger partial charge is 0.258 e. The zero-order valence-corrected chi connectivity index (χ0v) is 14.1. The highest BCUT2D eigenvalue weighted by Gasteiger charge is 2.10. The number of nitrogens with one attached hydrogen (secondary N) is 1. The summed E-state index contributed by atoms with van der Waals surface area (Å²) in [5, 5.41) is 7.13. The first-order valence-electron chi connectivity index (χ1n) is 6.81. The summed E-state index contributed by atoms with van der Waals surface area (Å²) in [5.41, 5.74) is 3.42. The number of rotatable bonds is 3. The summed E-state index contributed by atoms with van der Waals surface area (Å²) >= 11 is 2.26. The number of hydrogen-bond acceptors (Lipinski definition) is 2. The molecular weight excluding hydrogens is 389 g/mol. The molecule has 3 aromatic rings. The van der Waals surface area contributed by atoms with Crippen molar-refractivity contribution in [1.82, 2.24) is 9.78 Å². The van der Waals surface area contributed by atoms with E-state index in [0.717, 1.165) is 14.9 Å². The average Bonchev–Trinajstić information content (AvgIpc) is 3.02. The number of para-hydroxylation sites is 1. The molecule has 4 nitrogen and oxygen atoms in total. The Kier molecular flexibility index (Phi) is 4.24. The number of carbonyl (C=O) groups excluding carboxylic acids is 1. The summed E-state index contributed by atoms with van der Waals surface area (Å²) in [6.45, 7) is 2.04. The first-order valence-corrected chi connectivity index (χ1v) is 7.89. The minimum Gasteiger partial charge on any atom is -0.322 e. The Hall–Kier alpha value is -2.15. The van der Waals surface area contributed by atoms with Crippen LogP contribution in [0.15, 0.2) is 60.9 Å². The van der Waals surface area contributed by atoms with Crippen molar-refractivity contribution in [2.24, 2.45) is 0 Å². The van der Waals surface area contributed by atoms with Crippen molar-refractivity contribution in [2.75, 3.05) is 5.32 Å². The van der Waals surface area contributed by atoms with Crippen LogP contribution in [-0.2, 0) is 0 Å². The Bertz CT molecular complexity index is 812. The Morgan fingerprint density at radius 1 is 1.18 bits per heavy atom. The van der Waals surface area contributed by atoms with Crippen LogP contribution in [0.5, 0.6) is 0 Å². The Morgan fingerprint density at radius 3 is 2.68 bits per heavy atom. The van der Waals surface area contributed by atoms with E-state index in [1.54, 1.807) is 17.1 Å². The molecule has 0 fully saturated rings. The van der Waals surface area contributed by atoms with E-state index in [0.29, 0.717) is 5.56 Å². The van der Waals surface area contributed by atoms with Gasteiger partial charge in [0.05, 0.1) is 17.4 Å². The summed E-state index contributed by atoms with van der Waals surface area (Å²) in [6.07, 6.45) is 3.30. The Labute approximate surface area is 142 Å². The molecule has 0 saturated carbocycles. The van der Waals surface area contributed by atoms with Gasteiger partial charge >= 0.3 is 0 Å². The zero-order chi connectivity index (χ0) is 15.5. The summed E-state index contributed by atoms with van der Waals surface area (Å²) in [5.74, 6) is -0.165. The summed E-state index contributed by atoms with van der Waals surface area (Å²) < 4.78 is 2.81. The van der Waals surface area contributed by atoms with Crippen LogP contribution in [0.3, 0.4) is 0 Å². The highest BCUT2D eigenvalue weighted by atomic mass is 127. The molecule has 0 spiro atoms. The SMILES string of the molecule is Cc1ccc(NC(=O)c2cnn(-c3ccccc3)c2)cc1I. The molecule has 0 radical (unpaired) electrons. The van der Waals surface area contributed by atoms with E-state index in [-0.39, 0.29) is 5.91 Å². The second-order valence-corrected chi connectivity index (χ2v) is 6.09. The maximum atomic E-state index is 12.3. The molecule has 110 valence electrons. The van der Waals surface area contributed by atoms with Crippen molar-refractivity contribution < 1.29 is 4.79 Å². The van der Waals surface area contributed by atoms with E-state index < -0.39 is 0 Å². The highest BCUT2D eigenvalue weighted by Crippen LogP contribution is 2.18. The van der Waals surface area contributed by atoms with Gasteiger partial charge < -0.3 is 5.32 Å². The van der Waals surface area contributed by atoms with Crippen LogP contribution >= 0.6 is 22.6 Å². The minimum atomic E-state index is -0.165. The monoisotopic (exact) mass is 403 g/mol. The molecular formula is C17H14IN3O. The predicted octanol–water partition coefficient (Wildman–Crippen LogP) is 4.04. The molecule has 3 rings (SSSR count). The third kappa shape index (κ3) is 3.19. The fraction of sp³-hybridized carbons (Fsp3) is 0.0588. The van der Waals surface area contributed by atoms with Crippen molar-refractivity contribution in [1.29, 1.82) is 0 Å². The molecule has 0 saturated heterocycles. The number of halogens is 1. The van der Waals surface area contributed by atoms with Gasteiger partial charge in [0.25, 0.3) is 5.91 Å². The number of hydrogen-bond donors (Lipinski definition) is 1. The molecule has 0 unspecified atom stereocenters. The topological polar surface area (TPSA) is 46.9 Å². The lowest BCUT2D eigenvalue weighted by Gasteiger charge is -2.05. The fourth-order valence-corrected chi connectivity index (χ4v) is 2.55. The molecule has 1 amide bonds. The minimum absolute atomic E-state index is 0.165. The third-order valence-electron chi connectivity index (χ3n) is 3.30. The molecule has 2 aromatic carbocycles. The fourth-order valence-electron chi connectivity index (χ4n) is 2.04. The standard InChI is InChI=1S/C17H14IN3O/c1-12-7-8-14(9-16(12)18)20-17(22)13-10-19-21(11-13)15-5-3-2-4-6-15/h2-11H,1H3,(H,20,22). The molecule has 1 aromatic heterocycles. The van der Waals surface area contributed by atoms with E-state index in [9.17, 15) is 4.79 Å². The van der Waals surface area contributed by atoms with Gasteiger partial charge in [0.15, 0.2) is 0 Å². The van der Waals surface area contributed by atoms with Crippen molar-refractivity contribution >= 4 is 34.2 Å². The lowest BCUT2D eigenvalue weighted by Crippen LogP contribution is -2.11. The summed E-state index contributed by atoms with van der Waals surface area (Å²) in [4.78, 5) is 12.3. The van der Waals surface area contributed by atoms with Gasteiger partial charge in [-0.2, -0.15) is 5.10 Å². The van der Waals surface area contributed by atoms with Crippen LogP contribution in [0.25, 0.3) is 5.69 Å². The number of amides is 1. The Morgan fingerprint density at radius 2 is 1.95 bits per heavy atom. The van der Waals surface area contributed by atoms with Crippen LogP contribution in [0, 0.1) is 10.5 Å². The Balaban J connectivity index is 1.78. The molecule has 22 heavy (non-hydrogen) atoms. The predicted molar refractivity (Wildman–Crippen MR) is 95.4 cm³/mol. The third-order valence-corrected chi connectivity index (χ3v) is 4.46. The molecule has 0 aliphatic carbocycles. The maximum Gasteiger partial charge on any atom is 0.258 e. The van der Waals surface area contributed by atoms with Crippen molar-refractivity contribution in [2.45, 2.75) is 6.92 Å². The van der Waals surface area contributed by atoms with Gasteiger partial charge in [0.2, 0.25) is 0 Å². The normalized spacial score (nSPS) is 10.5. The van der Waals surface area contributed by atoms with Gasteiger partial charge in [-0.3, -0.25) is 4.79 Å². The second-order valence-electron chi connectivity index (χ2n) is 4.93. The lowest BCUT2D eigenvalue weighted by molar-refractivity contribution is 0.102. The summed E-state index contributed by atoms with van der Waals surface area (Å²) in [7, 11) is 0. The number of carbonyl (C=O) groups is 1. The zero-order valence-electron chi connectivity index (χ0n) is 12.0. The summed E-state index contributed by atoms with van der Waals surface area (Å²) in [6, 6.07) is 15.5. The molecule has 0 bridgehead atoms. The molecule has 0 aliphatic heterocycles. The van der Waals surface area contributed by atoms with Gasteiger partial charge in [0.1, 0.15) is 0 Å². The first kappa shape index (κ1) is 14.8. The van der Waals surface area contributed by atoms with Crippen LogP contribution < -0.4 is 5.32 Å². The molecule has 1 N–H and O–H groups in total. The van der Waals surface area contributed by atoms with E-state index in [2.05, 4.69) is 33.0 Å². The van der Waals surface area contributed by atoms with Crippen molar-refractivity contribution in [3.63, 3.8) is 0 Å². The van der Waals surface area contributed by atoms with E-state index in [4.69, 9.17) is 0 Å². The maximum absolute atomic E-state index is 12.3. The molecule has 5 heteroatoms. The van der Waals surface area contributed by atoms with Crippen LogP contribution in [-0.4, -0.2) is 15.7 Å². The average molecular weight is 403 g/mol. The highest BCUT2D eigenvalue weighted by molar-refractivity contribution is 14.1. The van der Waals surface area contributed by atoms with Gasteiger partial charge in [-0.25, -0.2) is 4.68 Å². The van der Waals surface area contributed by atoms with Crippen LogP contribution in [0.1, 0.15) is 15.9 Å². The lowest BCUT2D eigenvalue weighted by atomic mass is 10.2. The second kappa shape index (κ2) is 6.31. The number of benzene rings is 2. The van der Waals surface area contributed by atoms with Gasteiger partial charge in [-0.1, -0.05) is 24.3 Å². The molecule has 1 heterocycles. The number of aromatic nitrogens is 2. The van der Waals surface area contributed by atoms with E-state index in [1.807, 2.05) is 55.5 Å². The van der Waals surface area contributed by atoms with Crippen molar-refractivity contribution in [3.8, 4) is 5.69 Å². The van der Waals surface area contributed by atoms with E-state index >= 15 is 0 Å². The van der Waals surface area contributed by atoms with Gasteiger partial charge in [-0.05, 0) is 59.3 Å². The number of anilines is 1. The van der Waals surface area contributed by atoms with Gasteiger partial charge in [0, 0.05) is 15.5 Å². The number of aryl methyl sites for hydroxylation is 1. The molecule has 0 aliphatic rings. The number of nitrogens with zero attached hydrogens (tertiary/aromatic N) is 2. The quantitative estimate of drug-likeness (QED) is 0.672. The van der Waals surface area contributed by atoms with Crippen molar-refractivity contribution in [3.05, 3.63) is 75.6 Å². The van der Waals surface area contributed by atoms with E-state index in [1.165, 1.54) is 5.56 Å². The van der Waals surface area contributed by atoms with Gasteiger partial charge in [-0.15, -0.1) is 0 Å². The largest absolute Gasteiger partial charge is 0.322 e. The van der Waals surface area contributed by atoms with Crippen LogP contribution in [0.2, 0.25) is 0 Å².